The van der Waals surface area contributed by atoms with Crippen LogP contribution in [0.5, 0.6) is 11.6 Å². The third-order valence-corrected chi connectivity index (χ3v) is 6.52. The molecule has 1 aliphatic carbocycles. The van der Waals surface area contributed by atoms with E-state index < -0.39 is 5.97 Å². The fraction of sp³-hybridized carbons (Fsp3) is 0.462. The number of methoxy groups -OCH3 is 1. The van der Waals surface area contributed by atoms with Gasteiger partial charge in [0.2, 0.25) is 5.88 Å². The van der Waals surface area contributed by atoms with E-state index in [9.17, 15) is 4.79 Å². The van der Waals surface area contributed by atoms with Gasteiger partial charge in [0.15, 0.2) is 0 Å². The van der Waals surface area contributed by atoms with Crippen LogP contribution in [-0.4, -0.2) is 47.7 Å². The van der Waals surface area contributed by atoms with E-state index in [0.29, 0.717) is 25.6 Å². The Morgan fingerprint density at radius 3 is 2.75 bits per heavy atom. The highest BCUT2D eigenvalue weighted by molar-refractivity contribution is 5.73. The topological polar surface area (TPSA) is 71.9 Å². The van der Waals surface area contributed by atoms with E-state index in [1.807, 2.05) is 18.2 Å². The highest BCUT2D eigenvalue weighted by Crippen LogP contribution is 2.35. The van der Waals surface area contributed by atoms with E-state index in [-0.39, 0.29) is 5.92 Å². The standard InChI is InChI=1S/C26H32N2O4/c1-4-5-22-9-8-20(25(27-22)31-3)16-32-23-10-11-24-17(2)19(7-6-18(24)12-23)13-28-14-21(15-28)26(29)30/h8-12,21H,4-7,13-16H2,1-3H3,(H,29,30). The number of nitrogens with zero attached hydrogens (tertiary/aromatic N) is 2. The number of pyridine rings is 1. The molecule has 1 aromatic heterocycles. The van der Waals surface area contributed by atoms with E-state index in [4.69, 9.17) is 14.6 Å². The third-order valence-electron chi connectivity index (χ3n) is 6.52. The number of hydrogen-bond acceptors (Lipinski definition) is 5. The van der Waals surface area contributed by atoms with Crippen LogP contribution in [0.15, 0.2) is 35.9 Å². The van der Waals surface area contributed by atoms with E-state index in [0.717, 1.165) is 49.2 Å². The van der Waals surface area contributed by atoms with Crippen molar-refractivity contribution in [2.45, 2.75) is 46.1 Å². The summed E-state index contributed by atoms with van der Waals surface area (Å²) in [5, 5.41) is 9.08. The molecule has 1 aromatic carbocycles. The molecule has 6 nitrogen and oxygen atoms in total. The molecule has 1 N–H and O–H groups in total. The lowest BCUT2D eigenvalue weighted by Crippen LogP contribution is -2.50. The predicted molar refractivity (Wildman–Crippen MR) is 124 cm³/mol. The zero-order valence-electron chi connectivity index (χ0n) is 19.2. The number of benzene rings is 1. The molecule has 0 unspecified atom stereocenters. The quantitative estimate of drug-likeness (QED) is 0.630. The van der Waals surface area contributed by atoms with Crippen LogP contribution >= 0.6 is 0 Å². The average molecular weight is 437 g/mol. The van der Waals surface area contributed by atoms with Gasteiger partial charge in [-0.25, -0.2) is 4.98 Å². The van der Waals surface area contributed by atoms with Crippen molar-refractivity contribution < 1.29 is 19.4 Å². The van der Waals surface area contributed by atoms with Crippen LogP contribution in [0.4, 0.5) is 0 Å². The van der Waals surface area contributed by atoms with Gasteiger partial charge in [0, 0.05) is 25.3 Å². The van der Waals surface area contributed by atoms with Gasteiger partial charge in [0.25, 0.3) is 0 Å². The summed E-state index contributed by atoms with van der Waals surface area (Å²) in [6, 6.07) is 10.4. The number of fused-ring (bicyclic) bond motifs is 1. The van der Waals surface area contributed by atoms with Gasteiger partial charge in [-0.05, 0) is 67.2 Å². The predicted octanol–water partition coefficient (Wildman–Crippen LogP) is 4.36. The summed E-state index contributed by atoms with van der Waals surface area (Å²) >= 11 is 0. The van der Waals surface area contributed by atoms with Crippen LogP contribution in [0, 0.1) is 5.92 Å². The summed E-state index contributed by atoms with van der Waals surface area (Å²) in [4.78, 5) is 17.9. The Morgan fingerprint density at radius 2 is 2.03 bits per heavy atom. The summed E-state index contributed by atoms with van der Waals surface area (Å²) in [5.41, 5.74) is 7.29. The van der Waals surface area contributed by atoms with Crippen LogP contribution in [0.2, 0.25) is 0 Å². The summed E-state index contributed by atoms with van der Waals surface area (Å²) in [6.45, 7) is 6.92. The minimum atomic E-state index is -0.682. The lowest BCUT2D eigenvalue weighted by Gasteiger charge is -2.38. The largest absolute Gasteiger partial charge is 0.489 e. The number of likely N-dealkylation sites (tertiary alicyclic amines) is 1. The fourth-order valence-electron chi connectivity index (χ4n) is 4.57. The molecule has 6 heteroatoms. The Balaban J connectivity index is 1.41. The zero-order chi connectivity index (χ0) is 22.7. The molecule has 2 aromatic rings. The van der Waals surface area contributed by atoms with Crippen LogP contribution < -0.4 is 9.47 Å². The normalized spacial score (nSPS) is 16.5. The first kappa shape index (κ1) is 22.3. The lowest BCUT2D eigenvalue weighted by molar-refractivity contribution is -0.147. The number of carboxylic acids is 1. The maximum Gasteiger partial charge on any atom is 0.309 e. The number of hydrogen-bond donors (Lipinski definition) is 1. The van der Waals surface area contributed by atoms with Gasteiger partial charge in [0.1, 0.15) is 12.4 Å². The number of ether oxygens (including phenoxy) is 2. The van der Waals surface area contributed by atoms with Gasteiger partial charge in [0.05, 0.1) is 18.6 Å². The molecule has 0 radical (unpaired) electrons. The third kappa shape index (κ3) is 4.80. The maximum absolute atomic E-state index is 11.0. The molecule has 0 spiro atoms. The van der Waals surface area contributed by atoms with Crippen molar-refractivity contribution in [1.29, 1.82) is 0 Å². The number of carboxylic acid groups (broad SMARTS) is 1. The van der Waals surface area contributed by atoms with Gasteiger partial charge < -0.3 is 14.6 Å². The lowest BCUT2D eigenvalue weighted by atomic mass is 9.85. The maximum atomic E-state index is 11.0. The van der Waals surface area contributed by atoms with E-state index >= 15 is 0 Å². The highest BCUT2D eigenvalue weighted by Gasteiger charge is 2.33. The first-order chi connectivity index (χ1) is 15.5. The zero-order valence-corrected chi connectivity index (χ0v) is 19.2. The average Bonchev–Trinajstić information content (AvgIpc) is 2.76. The van der Waals surface area contributed by atoms with Gasteiger partial charge in [-0.3, -0.25) is 9.69 Å². The first-order valence-electron chi connectivity index (χ1n) is 11.4. The summed E-state index contributed by atoms with van der Waals surface area (Å²) in [7, 11) is 1.65. The second-order valence-corrected chi connectivity index (χ2v) is 8.79. The fourth-order valence-corrected chi connectivity index (χ4v) is 4.57. The summed E-state index contributed by atoms with van der Waals surface area (Å²) in [5.74, 6) is 0.599. The summed E-state index contributed by atoms with van der Waals surface area (Å²) < 4.78 is 11.6. The molecule has 32 heavy (non-hydrogen) atoms. The second kappa shape index (κ2) is 9.74. The van der Waals surface area contributed by atoms with Crippen molar-refractivity contribution in [3.8, 4) is 11.6 Å². The highest BCUT2D eigenvalue weighted by atomic mass is 16.5. The van der Waals surface area contributed by atoms with E-state index in [1.165, 1.54) is 22.3 Å². The van der Waals surface area contributed by atoms with Gasteiger partial charge >= 0.3 is 5.97 Å². The van der Waals surface area contributed by atoms with Gasteiger partial charge in [-0.2, -0.15) is 0 Å². The number of aliphatic carboxylic acids is 1. The molecule has 2 aliphatic rings. The Hall–Kier alpha value is -2.86. The van der Waals surface area contributed by atoms with Crippen LogP contribution in [0.1, 0.15) is 49.1 Å². The number of aromatic nitrogens is 1. The number of allylic oxidation sites excluding steroid dienone is 1. The molecule has 1 saturated heterocycles. The molecule has 170 valence electrons. The molecule has 0 amide bonds. The molecule has 1 aliphatic heterocycles. The Kier molecular flexibility index (Phi) is 6.80. The molecule has 1 fully saturated rings. The number of rotatable bonds is 9. The molecule has 0 bridgehead atoms. The number of aryl methyl sites for hydroxylation is 2. The van der Waals surface area contributed by atoms with Crippen LogP contribution in [0.3, 0.4) is 0 Å². The van der Waals surface area contributed by atoms with Crippen molar-refractivity contribution in [3.63, 3.8) is 0 Å². The van der Waals surface area contributed by atoms with E-state index in [2.05, 4.69) is 35.9 Å². The first-order valence-corrected chi connectivity index (χ1v) is 11.4. The molecule has 4 rings (SSSR count). The molecular weight excluding hydrogens is 404 g/mol. The van der Waals surface area contributed by atoms with Gasteiger partial charge in [-0.1, -0.05) is 25.0 Å². The second-order valence-electron chi connectivity index (χ2n) is 8.79. The van der Waals surface area contributed by atoms with Crippen molar-refractivity contribution >= 4 is 11.5 Å². The van der Waals surface area contributed by atoms with Crippen LogP contribution in [0.25, 0.3) is 5.57 Å². The molecule has 0 atom stereocenters. The van der Waals surface area contributed by atoms with Crippen molar-refractivity contribution in [3.05, 3.63) is 58.3 Å². The van der Waals surface area contributed by atoms with Crippen molar-refractivity contribution in [2.75, 3.05) is 26.7 Å². The monoisotopic (exact) mass is 436 g/mol. The van der Waals surface area contributed by atoms with Crippen LogP contribution in [-0.2, 0) is 24.2 Å². The van der Waals surface area contributed by atoms with Crippen molar-refractivity contribution in [1.82, 2.24) is 9.88 Å². The minimum absolute atomic E-state index is 0.205. The molecule has 2 heterocycles. The number of carbonyl (C=O) groups is 1. The molecular formula is C26H32N2O4. The Bertz CT molecular complexity index is 1020. The van der Waals surface area contributed by atoms with Gasteiger partial charge in [-0.15, -0.1) is 0 Å². The smallest absolute Gasteiger partial charge is 0.309 e. The Morgan fingerprint density at radius 1 is 1.22 bits per heavy atom. The SMILES string of the molecule is CCCc1ccc(COc2ccc3c(c2)CCC(CN2CC(C(=O)O)C2)=C3C)c(OC)n1. The summed E-state index contributed by atoms with van der Waals surface area (Å²) in [6.07, 6.45) is 3.98. The minimum Gasteiger partial charge on any atom is -0.489 e. The Labute approximate surface area is 189 Å². The molecule has 0 saturated carbocycles. The van der Waals surface area contributed by atoms with Crippen molar-refractivity contribution in [2.24, 2.45) is 5.92 Å². The van der Waals surface area contributed by atoms with E-state index in [1.54, 1.807) is 7.11 Å².